The zero-order valence-corrected chi connectivity index (χ0v) is 8.87. The fourth-order valence-electron chi connectivity index (χ4n) is 1.82. The summed E-state index contributed by atoms with van der Waals surface area (Å²) in [6, 6.07) is 0. The number of aromatic nitrogens is 2. The molecule has 14 heavy (non-hydrogen) atoms. The van der Waals surface area contributed by atoms with Gasteiger partial charge in [-0.1, -0.05) is 32.8 Å². The van der Waals surface area contributed by atoms with Gasteiger partial charge in [0.1, 0.15) is 0 Å². The van der Waals surface area contributed by atoms with Crippen LogP contribution in [0, 0.1) is 5.92 Å². The van der Waals surface area contributed by atoms with Gasteiger partial charge in [-0.05, 0) is 18.8 Å². The lowest BCUT2D eigenvalue weighted by Gasteiger charge is -2.24. The molecule has 1 saturated carbocycles. The molecule has 0 aliphatic heterocycles. The van der Waals surface area contributed by atoms with Gasteiger partial charge in [-0.2, -0.15) is 0 Å². The number of allylic oxidation sites excluding steroid dienone is 1. The maximum absolute atomic E-state index is 4.41. The smallest absolute Gasteiger partial charge is 0.0992 e. The fraction of sp³-hybridized carbons (Fsp3) is 0.583. The Balaban J connectivity index is 1.98. The standard InChI is InChI=1S/C12H18N2/c1-3-10(2)14-8-12(13-9-14)7-11-5-4-6-11/h8-9,11H,2-7H2,1H3. The highest BCUT2D eigenvalue weighted by Crippen LogP contribution is 2.29. The van der Waals surface area contributed by atoms with Crippen molar-refractivity contribution in [1.82, 2.24) is 9.55 Å². The maximum Gasteiger partial charge on any atom is 0.0992 e. The zero-order valence-electron chi connectivity index (χ0n) is 8.87. The SMILES string of the molecule is C=C(CC)n1cnc(CC2CCC2)c1. The lowest BCUT2D eigenvalue weighted by Crippen LogP contribution is -2.13. The van der Waals surface area contributed by atoms with E-state index in [1.807, 2.05) is 10.9 Å². The molecule has 1 aromatic heterocycles. The first kappa shape index (κ1) is 9.50. The summed E-state index contributed by atoms with van der Waals surface area (Å²) in [5, 5.41) is 0. The van der Waals surface area contributed by atoms with Crippen LogP contribution in [0.3, 0.4) is 0 Å². The van der Waals surface area contributed by atoms with Gasteiger partial charge in [0, 0.05) is 11.9 Å². The largest absolute Gasteiger partial charge is 0.310 e. The first-order valence-corrected chi connectivity index (χ1v) is 5.50. The van der Waals surface area contributed by atoms with Crippen LogP contribution in [0.1, 0.15) is 38.3 Å². The van der Waals surface area contributed by atoms with Gasteiger partial charge in [-0.3, -0.25) is 0 Å². The van der Waals surface area contributed by atoms with E-state index in [2.05, 4.69) is 24.7 Å². The molecule has 0 amide bonds. The van der Waals surface area contributed by atoms with Crippen LogP contribution in [0.5, 0.6) is 0 Å². The van der Waals surface area contributed by atoms with Gasteiger partial charge in [0.25, 0.3) is 0 Å². The Morgan fingerprint density at radius 3 is 3.00 bits per heavy atom. The van der Waals surface area contributed by atoms with Crippen molar-refractivity contribution in [3.63, 3.8) is 0 Å². The average molecular weight is 190 g/mol. The molecule has 1 aliphatic carbocycles. The molecular weight excluding hydrogens is 172 g/mol. The quantitative estimate of drug-likeness (QED) is 0.713. The third kappa shape index (κ3) is 1.89. The van der Waals surface area contributed by atoms with Crippen molar-refractivity contribution in [3.8, 4) is 0 Å². The van der Waals surface area contributed by atoms with E-state index in [4.69, 9.17) is 0 Å². The molecule has 0 spiro atoms. The molecule has 0 N–H and O–H groups in total. The van der Waals surface area contributed by atoms with Crippen molar-refractivity contribution in [2.24, 2.45) is 5.92 Å². The van der Waals surface area contributed by atoms with E-state index in [1.165, 1.54) is 25.0 Å². The van der Waals surface area contributed by atoms with Crippen molar-refractivity contribution in [1.29, 1.82) is 0 Å². The summed E-state index contributed by atoms with van der Waals surface area (Å²) < 4.78 is 2.05. The third-order valence-electron chi connectivity index (χ3n) is 3.13. The second-order valence-electron chi connectivity index (χ2n) is 4.19. The first-order chi connectivity index (χ1) is 6.79. The highest BCUT2D eigenvalue weighted by molar-refractivity contribution is 5.40. The molecule has 0 unspecified atom stereocenters. The molecule has 1 heterocycles. The Hall–Kier alpha value is -1.05. The van der Waals surface area contributed by atoms with Crippen molar-refractivity contribution >= 4 is 5.70 Å². The lowest BCUT2D eigenvalue weighted by molar-refractivity contribution is 0.312. The summed E-state index contributed by atoms with van der Waals surface area (Å²) in [5.74, 6) is 0.897. The van der Waals surface area contributed by atoms with E-state index in [1.54, 1.807) is 0 Å². The van der Waals surface area contributed by atoms with Gasteiger partial charge >= 0.3 is 0 Å². The van der Waals surface area contributed by atoms with Gasteiger partial charge in [0.2, 0.25) is 0 Å². The Labute approximate surface area is 85.7 Å². The zero-order chi connectivity index (χ0) is 9.97. The van der Waals surface area contributed by atoms with Crippen molar-refractivity contribution in [2.45, 2.75) is 39.0 Å². The van der Waals surface area contributed by atoms with Gasteiger partial charge in [0.05, 0.1) is 12.0 Å². The van der Waals surface area contributed by atoms with Gasteiger partial charge in [-0.25, -0.2) is 4.98 Å². The summed E-state index contributed by atoms with van der Waals surface area (Å²) in [6.45, 7) is 6.11. The molecule has 0 radical (unpaired) electrons. The normalized spacial score (nSPS) is 16.6. The molecule has 2 rings (SSSR count). The van der Waals surface area contributed by atoms with E-state index in [0.717, 1.165) is 24.5 Å². The second kappa shape index (κ2) is 3.99. The Kier molecular flexibility index (Phi) is 2.71. The minimum atomic E-state index is 0.897. The van der Waals surface area contributed by atoms with E-state index in [0.29, 0.717) is 0 Å². The summed E-state index contributed by atoms with van der Waals surface area (Å²) in [6.07, 6.45) is 10.4. The molecule has 2 nitrogen and oxygen atoms in total. The number of hydrogen-bond donors (Lipinski definition) is 0. The molecule has 1 fully saturated rings. The summed E-state index contributed by atoms with van der Waals surface area (Å²) in [7, 11) is 0. The molecule has 1 aromatic rings. The van der Waals surface area contributed by atoms with Crippen LogP contribution in [0.2, 0.25) is 0 Å². The second-order valence-corrected chi connectivity index (χ2v) is 4.19. The van der Waals surface area contributed by atoms with Crippen molar-refractivity contribution < 1.29 is 0 Å². The lowest BCUT2D eigenvalue weighted by atomic mass is 9.82. The highest BCUT2D eigenvalue weighted by Gasteiger charge is 2.18. The third-order valence-corrected chi connectivity index (χ3v) is 3.13. The van der Waals surface area contributed by atoms with Crippen LogP contribution in [0.4, 0.5) is 0 Å². The molecule has 0 saturated heterocycles. The van der Waals surface area contributed by atoms with Crippen LogP contribution >= 0.6 is 0 Å². The first-order valence-electron chi connectivity index (χ1n) is 5.50. The summed E-state index contributed by atoms with van der Waals surface area (Å²) >= 11 is 0. The predicted octanol–water partition coefficient (Wildman–Crippen LogP) is 3.11. The van der Waals surface area contributed by atoms with E-state index >= 15 is 0 Å². The van der Waals surface area contributed by atoms with Gasteiger partial charge in [-0.15, -0.1) is 0 Å². The monoisotopic (exact) mass is 190 g/mol. The van der Waals surface area contributed by atoms with E-state index in [-0.39, 0.29) is 0 Å². The molecule has 76 valence electrons. The predicted molar refractivity (Wildman–Crippen MR) is 58.9 cm³/mol. The summed E-state index contributed by atoms with van der Waals surface area (Å²) in [5.41, 5.74) is 2.35. The minimum Gasteiger partial charge on any atom is -0.310 e. The van der Waals surface area contributed by atoms with Crippen LogP contribution in [0.15, 0.2) is 19.1 Å². The Morgan fingerprint density at radius 2 is 2.43 bits per heavy atom. The minimum absolute atomic E-state index is 0.897. The molecular formula is C12H18N2. The van der Waals surface area contributed by atoms with Crippen molar-refractivity contribution in [3.05, 3.63) is 24.8 Å². The van der Waals surface area contributed by atoms with Crippen LogP contribution < -0.4 is 0 Å². The molecule has 0 atom stereocenters. The maximum atomic E-state index is 4.41. The molecule has 0 aromatic carbocycles. The molecule has 2 heteroatoms. The fourth-order valence-corrected chi connectivity index (χ4v) is 1.82. The van der Waals surface area contributed by atoms with Crippen molar-refractivity contribution in [2.75, 3.05) is 0 Å². The molecule has 0 bridgehead atoms. The Morgan fingerprint density at radius 1 is 1.64 bits per heavy atom. The number of hydrogen-bond acceptors (Lipinski definition) is 1. The van der Waals surface area contributed by atoms with Crippen LogP contribution in [-0.2, 0) is 6.42 Å². The number of imidazole rings is 1. The van der Waals surface area contributed by atoms with Gasteiger partial charge < -0.3 is 4.57 Å². The average Bonchev–Trinajstić information content (AvgIpc) is 2.58. The van der Waals surface area contributed by atoms with Crippen LogP contribution in [-0.4, -0.2) is 9.55 Å². The summed E-state index contributed by atoms with van der Waals surface area (Å²) in [4.78, 5) is 4.41. The highest BCUT2D eigenvalue weighted by atomic mass is 15.0. The van der Waals surface area contributed by atoms with Gasteiger partial charge in [0.15, 0.2) is 0 Å². The number of rotatable bonds is 4. The van der Waals surface area contributed by atoms with E-state index < -0.39 is 0 Å². The topological polar surface area (TPSA) is 17.8 Å². The number of nitrogens with zero attached hydrogens (tertiary/aromatic N) is 2. The van der Waals surface area contributed by atoms with Crippen LogP contribution in [0.25, 0.3) is 5.70 Å². The van der Waals surface area contributed by atoms with E-state index in [9.17, 15) is 0 Å². The molecule has 1 aliphatic rings. The Bertz CT molecular complexity index is 321.